The minimum Gasteiger partial charge on any atom is -0.506 e. The SMILES string of the molecule is C/C(=N\NC(=O)Cn1c(Cc2ccccc2)nc2ccccc21)c1sc2ccccc2c1O. The maximum atomic E-state index is 12.8. The fraction of sp³-hybridized carbons (Fsp3) is 0.115. The average Bonchev–Trinajstić information content (AvgIpc) is 3.36. The number of nitrogens with zero attached hydrogens (tertiary/aromatic N) is 3. The van der Waals surface area contributed by atoms with Gasteiger partial charge in [-0.25, -0.2) is 10.4 Å². The summed E-state index contributed by atoms with van der Waals surface area (Å²) in [6.07, 6.45) is 0.626. The maximum Gasteiger partial charge on any atom is 0.260 e. The Kier molecular flexibility index (Phi) is 5.62. The number of aromatic nitrogens is 2. The predicted octanol–water partition coefficient (Wildman–Crippen LogP) is 5.09. The molecule has 1 amide bonds. The first kappa shape index (κ1) is 20.9. The van der Waals surface area contributed by atoms with Crippen molar-refractivity contribution >= 4 is 44.1 Å². The van der Waals surface area contributed by atoms with E-state index in [1.54, 1.807) is 6.92 Å². The fourth-order valence-corrected chi connectivity index (χ4v) is 4.91. The van der Waals surface area contributed by atoms with Gasteiger partial charge in [-0.15, -0.1) is 11.3 Å². The Bertz CT molecular complexity index is 1480. The van der Waals surface area contributed by atoms with Crippen LogP contribution in [0.5, 0.6) is 5.75 Å². The van der Waals surface area contributed by atoms with Gasteiger partial charge in [0, 0.05) is 16.5 Å². The molecule has 2 N–H and O–H groups in total. The Balaban J connectivity index is 1.38. The van der Waals surface area contributed by atoms with Crippen LogP contribution in [-0.4, -0.2) is 26.3 Å². The quantitative estimate of drug-likeness (QED) is 0.277. The van der Waals surface area contributed by atoms with Crippen LogP contribution in [0.1, 0.15) is 23.2 Å². The van der Waals surface area contributed by atoms with Gasteiger partial charge in [0.1, 0.15) is 18.1 Å². The van der Waals surface area contributed by atoms with Gasteiger partial charge in [-0.1, -0.05) is 54.6 Å². The Labute approximate surface area is 194 Å². The minimum absolute atomic E-state index is 0.0951. The molecule has 0 atom stereocenters. The summed E-state index contributed by atoms with van der Waals surface area (Å²) in [6.45, 7) is 1.87. The van der Waals surface area contributed by atoms with E-state index >= 15 is 0 Å². The van der Waals surface area contributed by atoms with E-state index in [0.29, 0.717) is 17.0 Å². The molecule has 0 saturated heterocycles. The molecule has 164 valence electrons. The largest absolute Gasteiger partial charge is 0.506 e. The monoisotopic (exact) mass is 454 g/mol. The molecule has 0 aliphatic heterocycles. The summed E-state index contributed by atoms with van der Waals surface area (Å²) in [5.41, 5.74) is 6.09. The minimum atomic E-state index is -0.257. The van der Waals surface area contributed by atoms with E-state index in [0.717, 1.165) is 32.5 Å². The molecule has 0 fully saturated rings. The molecule has 2 heterocycles. The number of benzene rings is 3. The number of fused-ring (bicyclic) bond motifs is 2. The lowest BCUT2D eigenvalue weighted by molar-refractivity contribution is -0.121. The zero-order chi connectivity index (χ0) is 22.8. The number of aromatic hydroxyl groups is 1. The predicted molar refractivity (Wildman–Crippen MR) is 133 cm³/mol. The Hall–Kier alpha value is -3.97. The van der Waals surface area contributed by atoms with Crippen molar-refractivity contribution in [3.63, 3.8) is 0 Å². The van der Waals surface area contributed by atoms with E-state index in [1.165, 1.54) is 11.3 Å². The number of thiophene rings is 1. The summed E-state index contributed by atoms with van der Waals surface area (Å²) in [5.74, 6) is 0.754. The number of hydrogen-bond acceptors (Lipinski definition) is 5. The van der Waals surface area contributed by atoms with Crippen molar-refractivity contribution in [1.29, 1.82) is 0 Å². The van der Waals surface area contributed by atoms with Gasteiger partial charge in [-0.3, -0.25) is 4.79 Å². The molecule has 0 bridgehead atoms. The lowest BCUT2D eigenvalue weighted by atomic mass is 10.1. The smallest absolute Gasteiger partial charge is 0.260 e. The van der Waals surface area contributed by atoms with Crippen molar-refractivity contribution < 1.29 is 9.90 Å². The van der Waals surface area contributed by atoms with Crippen molar-refractivity contribution in [3.8, 4) is 5.75 Å². The van der Waals surface area contributed by atoms with Crippen LogP contribution in [0.15, 0.2) is 84.0 Å². The third-order valence-electron chi connectivity index (χ3n) is 5.49. The second kappa shape index (κ2) is 8.88. The van der Waals surface area contributed by atoms with E-state index in [-0.39, 0.29) is 18.2 Å². The average molecular weight is 455 g/mol. The summed E-state index contributed by atoms with van der Waals surface area (Å²) >= 11 is 1.45. The zero-order valence-electron chi connectivity index (χ0n) is 18.0. The number of rotatable bonds is 6. The van der Waals surface area contributed by atoms with Crippen LogP contribution >= 0.6 is 11.3 Å². The van der Waals surface area contributed by atoms with Gasteiger partial charge < -0.3 is 9.67 Å². The molecule has 6 nitrogen and oxygen atoms in total. The summed E-state index contributed by atoms with van der Waals surface area (Å²) < 4.78 is 2.90. The number of nitrogens with one attached hydrogen (secondary N) is 1. The van der Waals surface area contributed by atoms with Crippen LogP contribution in [0.2, 0.25) is 0 Å². The molecule has 2 aromatic heterocycles. The summed E-state index contributed by atoms with van der Waals surface area (Å²) in [4.78, 5) is 18.2. The van der Waals surface area contributed by atoms with E-state index in [1.807, 2.05) is 71.3 Å². The number of hydrazone groups is 1. The molecule has 0 saturated carbocycles. The Morgan fingerprint density at radius 3 is 2.58 bits per heavy atom. The van der Waals surface area contributed by atoms with Gasteiger partial charge in [0.05, 0.1) is 21.6 Å². The maximum absolute atomic E-state index is 12.8. The van der Waals surface area contributed by atoms with Gasteiger partial charge in [-0.05, 0) is 36.8 Å². The van der Waals surface area contributed by atoms with Crippen LogP contribution in [0.25, 0.3) is 21.1 Å². The number of amides is 1. The fourth-order valence-electron chi connectivity index (χ4n) is 3.87. The van der Waals surface area contributed by atoms with E-state index < -0.39 is 0 Å². The van der Waals surface area contributed by atoms with Crippen molar-refractivity contribution in [2.45, 2.75) is 19.9 Å². The highest BCUT2D eigenvalue weighted by Crippen LogP contribution is 2.36. The number of para-hydroxylation sites is 2. The van der Waals surface area contributed by atoms with Gasteiger partial charge in [-0.2, -0.15) is 5.10 Å². The third-order valence-corrected chi connectivity index (χ3v) is 6.76. The summed E-state index contributed by atoms with van der Waals surface area (Å²) in [7, 11) is 0. The van der Waals surface area contributed by atoms with Gasteiger partial charge in [0.25, 0.3) is 5.91 Å². The molecular formula is C26H22N4O2S. The van der Waals surface area contributed by atoms with Crippen molar-refractivity contribution in [3.05, 3.63) is 95.1 Å². The molecule has 5 aromatic rings. The molecule has 7 heteroatoms. The van der Waals surface area contributed by atoms with E-state index in [2.05, 4.69) is 22.7 Å². The highest BCUT2D eigenvalue weighted by Gasteiger charge is 2.16. The standard InChI is InChI=1S/C26H22N4O2S/c1-17(26-25(32)19-11-5-8-14-22(19)33-26)28-29-24(31)16-30-21-13-7-6-12-20(21)27-23(30)15-18-9-3-2-4-10-18/h2-14,32H,15-16H2,1H3,(H,29,31)/b28-17+. The molecule has 0 radical (unpaired) electrons. The molecule has 33 heavy (non-hydrogen) atoms. The van der Waals surface area contributed by atoms with Crippen LogP contribution in [0.3, 0.4) is 0 Å². The number of carbonyl (C=O) groups excluding carboxylic acids is 1. The first-order valence-electron chi connectivity index (χ1n) is 10.6. The molecule has 0 aliphatic rings. The lowest BCUT2D eigenvalue weighted by Gasteiger charge is -2.09. The lowest BCUT2D eigenvalue weighted by Crippen LogP contribution is -2.25. The van der Waals surface area contributed by atoms with Gasteiger partial charge >= 0.3 is 0 Å². The number of carbonyl (C=O) groups is 1. The van der Waals surface area contributed by atoms with Crippen molar-refractivity contribution in [1.82, 2.24) is 15.0 Å². The van der Waals surface area contributed by atoms with Crippen LogP contribution in [0, 0.1) is 0 Å². The van der Waals surface area contributed by atoms with E-state index in [9.17, 15) is 9.90 Å². The molecule has 5 rings (SSSR count). The van der Waals surface area contributed by atoms with Crippen molar-refractivity contribution in [2.75, 3.05) is 0 Å². The molecule has 0 aliphatic carbocycles. The molecule has 0 spiro atoms. The third kappa shape index (κ3) is 4.23. The first-order chi connectivity index (χ1) is 16.1. The topological polar surface area (TPSA) is 79.5 Å². The Morgan fingerprint density at radius 1 is 1.03 bits per heavy atom. The molecular weight excluding hydrogens is 432 g/mol. The van der Waals surface area contributed by atoms with Gasteiger partial charge in [0.2, 0.25) is 0 Å². The highest BCUT2D eigenvalue weighted by molar-refractivity contribution is 7.21. The number of imidazole rings is 1. The van der Waals surface area contributed by atoms with E-state index in [4.69, 9.17) is 4.98 Å². The van der Waals surface area contributed by atoms with Crippen LogP contribution < -0.4 is 5.43 Å². The zero-order valence-corrected chi connectivity index (χ0v) is 18.8. The second-order valence-corrected chi connectivity index (χ2v) is 8.83. The Morgan fingerprint density at radius 2 is 1.76 bits per heavy atom. The van der Waals surface area contributed by atoms with Gasteiger partial charge in [0.15, 0.2) is 0 Å². The molecule has 0 unspecified atom stereocenters. The second-order valence-electron chi connectivity index (χ2n) is 7.77. The normalized spacial score (nSPS) is 11.8. The highest BCUT2D eigenvalue weighted by atomic mass is 32.1. The van der Waals surface area contributed by atoms with Crippen LogP contribution in [0.4, 0.5) is 0 Å². The first-order valence-corrected chi connectivity index (χ1v) is 11.4. The number of hydrogen-bond donors (Lipinski definition) is 2. The summed E-state index contributed by atoms with van der Waals surface area (Å²) in [6, 6.07) is 25.5. The molecule has 3 aromatic carbocycles. The van der Waals surface area contributed by atoms with Crippen LogP contribution in [-0.2, 0) is 17.8 Å². The van der Waals surface area contributed by atoms with Crippen molar-refractivity contribution in [2.24, 2.45) is 5.10 Å². The summed E-state index contributed by atoms with van der Waals surface area (Å²) in [5, 5.41) is 15.6.